The molecule has 0 aliphatic carbocycles. The molecular formula is C18H18FN3O3. The molecule has 3 aromatic rings. The van der Waals surface area contributed by atoms with Gasteiger partial charge < -0.3 is 19.8 Å². The summed E-state index contributed by atoms with van der Waals surface area (Å²) in [6.45, 7) is 3.44. The number of carbonyl (C=O) groups excluding carboxylic acids is 1. The summed E-state index contributed by atoms with van der Waals surface area (Å²) in [5, 5.41) is 0. The summed E-state index contributed by atoms with van der Waals surface area (Å²) in [4.78, 5) is 15.6. The molecule has 0 fully saturated rings. The zero-order valence-electron chi connectivity index (χ0n) is 13.7. The van der Waals surface area contributed by atoms with E-state index in [1.54, 1.807) is 16.7 Å². The summed E-state index contributed by atoms with van der Waals surface area (Å²) >= 11 is 0. The summed E-state index contributed by atoms with van der Waals surface area (Å²) < 4.78 is 25.9. The van der Waals surface area contributed by atoms with Crippen molar-refractivity contribution in [2.24, 2.45) is 0 Å². The molecule has 6 nitrogen and oxygen atoms in total. The molecule has 0 radical (unpaired) electrons. The van der Waals surface area contributed by atoms with Gasteiger partial charge in [0.1, 0.15) is 11.6 Å². The largest absolute Gasteiger partial charge is 0.455 e. The van der Waals surface area contributed by atoms with Gasteiger partial charge in [-0.05, 0) is 37.3 Å². The standard InChI is InChI=1S/C18H18FN3O3/c1-2-24-8-7-22-16-10-17(25-13-5-3-12(19)4-6-13)14(20)9-15(16)21-18(22)11-23/h3-6,9-11H,2,7-8,20H2,1H3. The lowest BCUT2D eigenvalue weighted by Gasteiger charge is -2.10. The maximum Gasteiger partial charge on any atom is 0.185 e. The van der Waals surface area contributed by atoms with Crippen LogP contribution in [-0.2, 0) is 11.3 Å². The molecular weight excluding hydrogens is 325 g/mol. The van der Waals surface area contributed by atoms with Crippen molar-refractivity contribution in [3.05, 3.63) is 48.0 Å². The van der Waals surface area contributed by atoms with E-state index in [0.717, 1.165) is 0 Å². The minimum absolute atomic E-state index is 0.299. The lowest BCUT2D eigenvalue weighted by Crippen LogP contribution is -2.09. The Morgan fingerprint density at radius 1 is 1.28 bits per heavy atom. The molecule has 0 bridgehead atoms. The van der Waals surface area contributed by atoms with Gasteiger partial charge in [0.05, 0.1) is 23.3 Å². The Balaban J connectivity index is 1.98. The third-order valence-corrected chi connectivity index (χ3v) is 3.72. The van der Waals surface area contributed by atoms with Gasteiger partial charge in [-0.2, -0.15) is 0 Å². The number of imidazole rings is 1. The van der Waals surface area contributed by atoms with Crippen molar-refractivity contribution in [1.29, 1.82) is 0 Å². The third kappa shape index (κ3) is 3.61. The number of halogens is 1. The number of aldehydes is 1. The fourth-order valence-corrected chi connectivity index (χ4v) is 2.53. The van der Waals surface area contributed by atoms with E-state index in [-0.39, 0.29) is 5.82 Å². The fraction of sp³-hybridized carbons (Fsp3) is 0.222. The van der Waals surface area contributed by atoms with E-state index in [0.29, 0.717) is 60.1 Å². The zero-order chi connectivity index (χ0) is 17.8. The number of anilines is 1. The third-order valence-electron chi connectivity index (χ3n) is 3.72. The molecule has 130 valence electrons. The van der Waals surface area contributed by atoms with Crippen molar-refractivity contribution in [3.63, 3.8) is 0 Å². The predicted molar refractivity (Wildman–Crippen MR) is 92.5 cm³/mol. The molecule has 0 spiro atoms. The molecule has 25 heavy (non-hydrogen) atoms. The van der Waals surface area contributed by atoms with Crippen molar-refractivity contribution in [2.75, 3.05) is 18.9 Å². The van der Waals surface area contributed by atoms with Crippen LogP contribution in [0.5, 0.6) is 11.5 Å². The number of ether oxygens (including phenoxy) is 2. The first kappa shape index (κ1) is 16.9. The van der Waals surface area contributed by atoms with E-state index in [9.17, 15) is 9.18 Å². The second-order valence-electron chi connectivity index (χ2n) is 5.37. The van der Waals surface area contributed by atoms with Gasteiger partial charge in [-0.15, -0.1) is 0 Å². The minimum atomic E-state index is -0.347. The molecule has 0 saturated carbocycles. The van der Waals surface area contributed by atoms with Gasteiger partial charge in [0.25, 0.3) is 0 Å². The summed E-state index contributed by atoms with van der Waals surface area (Å²) in [5.41, 5.74) is 7.72. The second-order valence-corrected chi connectivity index (χ2v) is 5.37. The van der Waals surface area contributed by atoms with Gasteiger partial charge in [0, 0.05) is 19.2 Å². The van der Waals surface area contributed by atoms with Crippen LogP contribution in [0.3, 0.4) is 0 Å². The second kappa shape index (κ2) is 7.31. The Morgan fingerprint density at radius 3 is 2.72 bits per heavy atom. The number of benzene rings is 2. The number of rotatable bonds is 7. The normalized spacial score (nSPS) is 11.0. The number of hydrogen-bond donors (Lipinski definition) is 1. The molecule has 1 heterocycles. The van der Waals surface area contributed by atoms with E-state index in [1.165, 1.54) is 24.3 Å². The van der Waals surface area contributed by atoms with Gasteiger partial charge in [-0.25, -0.2) is 9.37 Å². The maximum atomic E-state index is 13.0. The minimum Gasteiger partial charge on any atom is -0.455 e. The van der Waals surface area contributed by atoms with Crippen LogP contribution in [0, 0.1) is 5.82 Å². The number of hydrogen-bond acceptors (Lipinski definition) is 5. The molecule has 0 aliphatic rings. The molecule has 0 atom stereocenters. The van der Waals surface area contributed by atoms with Gasteiger partial charge in [-0.1, -0.05) is 0 Å². The summed E-state index contributed by atoms with van der Waals surface area (Å²) in [5.74, 6) is 0.825. The number of nitrogens with two attached hydrogens (primary N) is 1. The maximum absolute atomic E-state index is 13.0. The summed E-state index contributed by atoms with van der Waals surface area (Å²) in [6, 6.07) is 9.02. The lowest BCUT2D eigenvalue weighted by molar-refractivity contribution is 0.110. The molecule has 2 aromatic carbocycles. The van der Waals surface area contributed by atoms with Gasteiger partial charge in [0.15, 0.2) is 17.9 Å². The highest BCUT2D eigenvalue weighted by Crippen LogP contribution is 2.32. The molecule has 0 unspecified atom stereocenters. The van der Waals surface area contributed by atoms with Gasteiger partial charge >= 0.3 is 0 Å². The van der Waals surface area contributed by atoms with E-state index in [2.05, 4.69) is 4.98 Å². The lowest BCUT2D eigenvalue weighted by atomic mass is 10.2. The zero-order valence-corrected chi connectivity index (χ0v) is 13.7. The highest BCUT2D eigenvalue weighted by Gasteiger charge is 2.14. The van der Waals surface area contributed by atoms with Crippen LogP contribution < -0.4 is 10.5 Å². The first-order chi connectivity index (χ1) is 12.1. The number of carbonyl (C=O) groups is 1. The number of aromatic nitrogens is 2. The molecule has 7 heteroatoms. The summed E-state index contributed by atoms with van der Waals surface area (Å²) in [6.07, 6.45) is 0.697. The molecule has 0 saturated heterocycles. The quantitative estimate of drug-likeness (QED) is 0.404. The van der Waals surface area contributed by atoms with E-state index < -0.39 is 0 Å². The molecule has 1 aromatic heterocycles. The smallest absolute Gasteiger partial charge is 0.185 e. The van der Waals surface area contributed by atoms with Crippen LogP contribution in [0.4, 0.5) is 10.1 Å². The van der Waals surface area contributed by atoms with Crippen molar-refractivity contribution in [2.45, 2.75) is 13.5 Å². The van der Waals surface area contributed by atoms with Crippen LogP contribution in [-0.4, -0.2) is 29.1 Å². The highest BCUT2D eigenvalue weighted by atomic mass is 19.1. The molecule has 0 aliphatic heterocycles. The van der Waals surface area contributed by atoms with Crippen LogP contribution in [0.1, 0.15) is 17.5 Å². The van der Waals surface area contributed by atoms with Crippen LogP contribution >= 0.6 is 0 Å². The Kier molecular flexibility index (Phi) is 4.95. The van der Waals surface area contributed by atoms with Crippen LogP contribution in [0.25, 0.3) is 11.0 Å². The average Bonchev–Trinajstić information content (AvgIpc) is 2.94. The van der Waals surface area contributed by atoms with Crippen molar-refractivity contribution in [3.8, 4) is 11.5 Å². The Morgan fingerprint density at radius 2 is 2.04 bits per heavy atom. The predicted octanol–water partition coefficient (Wildman–Crippen LogP) is 3.40. The average molecular weight is 343 g/mol. The Labute approximate surface area is 144 Å². The monoisotopic (exact) mass is 343 g/mol. The first-order valence-corrected chi connectivity index (χ1v) is 7.88. The first-order valence-electron chi connectivity index (χ1n) is 7.88. The van der Waals surface area contributed by atoms with Crippen molar-refractivity contribution in [1.82, 2.24) is 9.55 Å². The Hall–Kier alpha value is -2.93. The Bertz CT molecular complexity index is 891. The van der Waals surface area contributed by atoms with E-state index in [1.807, 2.05) is 6.92 Å². The molecule has 2 N–H and O–H groups in total. The van der Waals surface area contributed by atoms with Gasteiger partial charge in [0.2, 0.25) is 0 Å². The van der Waals surface area contributed by atoms with Crippen LogP contribution in [0.2, 0.25) is 0 Å². The van der Waals surface area contributed by atoms with E-state index >= 15 is 0 Å². The number of fused-ring (bicyclic) bond motifs is 1. The fourth-order valence-electron chi connectivity index (χ4n) is 2.53. The van der Waals surface area contributed by atoms with Crippen LogP contribution in [0.15, 0.2) is 36.4 Å². The topological polar surface area (TPSA) is 79.4 Å². The summed E-state index contributed by atoms with van der Waals surface area (Å²) in [7, 11) is 0. The van der Waals surface area contributed by atoms with Crippen molar-refractivity contribution >= 4 is 23.0 Å². The van der Waals surface area contributed by atoms with E-state index in [4.69, 9.17) is 15.2 Å². The SMILES string of the molecule is CCOCCn1c(C=O)nc2cc(N)c(Oc3ccc(F)cc3)cc21. The number of nitrogen functional groups attached to an aromatic ring is 1. The van der Waals surface area contributed by atoms with Crippen molar-refractivity contribution < 1.29 is 18.7 Å². The highest BCUT2D eigenvalue weighted by molar-refractivity contribution is 5.87. The molecule has 0 amide bonds. The number of nitrogens with zero attached hydrogens (tertiary/aromatic N) is 2. The molecule has 3 rings (SSSR count). The van der Waals surface area contributed by atoms with Gasteiger partial charge in [-0.3, -0.25) is 4.79 Å².